The van der Waals surface area contributed by atoms with E-state index in [2.05, 4.69) is 0 Å². The number of imide groups is 1. The summed E-state index contributed by atoms with van der Waals surface area (Å²) in [4.78, 5) is 42.3. The molecule has 0 aromatic heterocycles. The highest BCUT2D eigenvalue weighted by Gasteiger charge is 2.45. The summed E-state index contributed by atoms with van der Waals surface area (Å²) >= 11 is 0. The van der Waals surface area contributed by atoms with E-state index in [9.17, 15) is 27.6 Å². The van der Waals surface area contributed by atoms with Crippen molar-refractivity contribution in [1.29, 1.82) is 0 Å². The Morgan fingerprint density at radius 1 is 1.03 bits per heavy atom. The molecule has 2 aromatic carbocycles. The number of rotatable bonds is 6. The lowest BCUT2D eigenvalue weighted by molar-refractivity contribution is -0.125. The van der Waals surface area contributed by atoms with Crippen LogP contribution in [-0.2, 0) is 17.8 Å². The van der Waals surface area contributed by atoms with Crippen LogP contribution in [0.5, 0.6) is 0 Å². The maximum atomic E-state index is 14.1. The monoisotopic (exact) mass is 514 g/mol. The Bertz CT molecular complexity index is 1240. The molecule has 0 saturated carbocycles. The minimum atomic E-state index is -1.23. The van der Waals surface area contributed by atoms with Crippen molar-refractivity contribution in [3.63, 3.8) is 0 Å². The lowest BCUT2D eigenvalue weighted by atomic mass is 9.82. The van der Waals surface area contributed by atoms with Gasteiger partial charge in [-0.2, -0.15) is 0 Å². The normalized spacial score (nSPS) is 24.2. The summed E-state index contributed by atoms with van der Waals surface area (Å²) in [6, 6.07) is 7.56. The van der Waals surface area contributed by atoms with Gasteiger partial charge in [-0.1, -0.05) is 12.1 Å². The molecule has 3 fully saturated rings. The van der Waals surface area contributed by atoms with E-state index in [0.29, 0.717) is 30.0 Å². The largest absolute Gasteiger partial charge is 0.333 e. The van der Waals surface area contributed by atoms with Crippen LogP contribution in [0.2, 0.25) is 0 Å². The number of carbonyl (C=O) groups excluding carboxylic acids is 3. The molecule has 10 heteroatoms. The third kappa shape index (κ3) is 4.82. The standard InChI is InChI=1S/C27H29F3N4O3/c1-32-14-25(35)33(27(32)37)13-15-3-2-4-16(7-15)26(36)34-19-5-6-20(34)9-18(8-19)24(31)11-17-10-22(29)23(30)12-21(17)28/h2-4,7,10,12,18-20,24H,5-6,8-9,11,13-14,31H2,1H3/t18?,19-,20+,24-/m1/s1. The summed E-state index contributed by atoms with van der Waals surface area (Å²) in [5.74, 6) is -3.50. The Balaban J connectivity index is 1.26. The fourth-order valence-electron chi connectivity index (χ4n) is 6.00. The van der Waals surface area contributed by atoms with Crippen LogP contribution in [0, 0.1) is 23.4 Å². The number of likely N-dealkylation sites (N-methyl/N-ethyl adjacent to an activating group) is 1. The van der Waals surface area contributed by atoms with Gasteiger partial charge in [0.2, 0.25) is 0 Å². The van der Waals surface area contributed by atoms with E-state index in [1.165, 1.54) is 9.80 Å². The highest BCUT2D eigenvalue weighted by Crippen LogP contribution is 2.41. The van der Waals surface area contributed by atoms with Crippen LogP contribution in [0.4, 0.5) is 18.0 Å². The Labute approximate surface area is 213 Å². The van der Waals surface area contributed by atoms with Gasteiger partial charge in [-0.05, 0) is 67.3 Å². The first kappa shape index (κ1) is 25.3. The van der Waals surface area contributed by atoms with Crippen LogP contribution >= 0.6 is 0 Å². The van der Waals surface area contributed by atoms with Gasteiger partial charge in [-0.25, -0.2) is 18.0 Å². The van der Waals surface area contributed by atoms with E-state index in [1.54, 1.807) is 31.3 Å². The lowest BCUT2D eigenvalue weighted by Gasteiger charge is -2.41. The first-order valence-corrected chi connectivity index (χ1v) is 12.5. The molecule has 3 aliphatic rings. The molecule has 5 rings (SSSR count). The molecule has 3 saturated heterocycles. The zero-order chi connectivity index (χ0) is 26.4. The maximum absolute atomic E-state index is 14.1. The van der Waals surface area contributed by atoms with Gasteiger partial charge in [0.05, 0.1) is 6.54 Å². The lowest BCUT2D eigenvalue weighted by Crippen LogP contribution is -2.50. The third-order valence-electron chi connectivity index (χ3n) is 7.90. The van der Waals surface area contributed by atoms with Gasteiger partial charge >= 0.3 is 6.03 Å². The second-order valence-electron chi connectivity index (χ2n) is 10.4. The van der Waals surface area contributed by atoms with Crippen LogP contribution in [0.15, 0.2) is 36.4 Å². The molecule has 196 valence electrons. The van der Waals surface area contributed by atoms with E-state index in [-0.39, 0.29) is 60.9 Å². The molecule has 0 spiro atoms. The third-order valence-corrected chi connectivity index (χ3v) is 7.90. The predicted molar refractivity (Wildman–Crippen MR) is 129 cm³/mol. The molecule has 2 aromatic rings. The molecule has 2 bridgehead atoms. The van der Waals surface area contributed by atoms with Gasteiger partial charge < -0.3 is 15.5 Å². The number of nitrogens with two attached hydrogens (primary N) is 1. The summed E-state index contributed by atoms with van der Waals surface area (Å²) in [5, 5.41) is 0. The molecule has 0 aliphatic carbocycles. The summed E-state index contributed by atoms with van der Waals surface area (Å²) < 4.78 is 41.0. The highest BCUT2D eigenvalue weighted by atomic mass is 19.2. The molecule has 4 atom stereocenters. The van der Waals surface area contributed by atoms with Gasteiger partial charge in [-0.3, -0.25) is 14.5 Å². The summed E-state index contributed by atoms with van der Waals surface area (Å²) in [6.45, 7) is 0.147. The van der Waals surface area contributed by atoms with Crippen molar-refractivity contribution in [3.05, 3.63) is 70.5 Å². The van der Waals surface area contributed by atoms with Crippen LogP contribution in [-0.4, -0.2) is 64.3 Å². The predicted octanol–water partition coefficient (Wildman–Crippen LogP) is 3.45. The smallest absolute Gasteiger partial charge is 0.327 e. The van der Waals surface area contributed by atoms with Gasteiger partial charge in [0.1, 0.15) is 12.4 Å². The molecule has 7 nitrogen and oxygen atoms in total. The molecular formula is C27H29F3N4O3. The number of amides is 4. The summed E-state index contributed by atoms with van der Waals surface area (Å²) in [6.07, 6.45) is 3.06. The van der Waals surface area contributed by atoms with E-state index in [0.717, 1.165) is 18.9 Å². The Morgan fingerprint density at radius 2 is 1.70 bits per heavy atom. The van der Waals surface area contributed by atoms with Crippen molar-refractivity contribution in [3.8, 4) is 0 Å². The summed E-state index contributed by atoms with van der Waals surface area (Å²) in [7, 11) is 1.57. The number of nitrogens with zero attached hydrogens (tertiary/aromatic N) is 3. The topological polar surface area (TPSA) is 87.0 Å². The van der Waals surface area contributed by atoms with E-state index in [1.807, 2.05) is 4.90 Å². The number of piperidine rings is 1. The van der Waals surface area contributed by atoms with Crippen LogP contribution < -0.4 is 5.73 Å². The van der Waals surface area contributed by atoms with Gasteiger partial charge in [0.15, 0.2) is 11.6 Å². The fourth-order valence-corrected chi connectivity index (χ4v) is 6.00. The van der Waals surface area contributed by atoms with E-state index >= 15 is 0 Å². The zero-order valence-electron chi connectivity index (χ0n) is 20.5. The minimum Gasteiger partial charge on any atom is -0.333 e. The molecule has 3 aliphatic heterocycles. The highest BCUT2D eigenvalue weighted by molar-refractivity contribution is 6.01. The number of benzene rings is 2. The second-order valence-corrected chi connectivity index (χ2v) is 10.4. The first-order chi connectivity index (χ1) is 17.6. The van der Waals surface area contributed by atoms with Crippen molar-refractivity contribution in [2.45, 2.75) is 56.8 Å². The van der Waals surface area contributed by atoms with Crippen LogP contribution in [0.1, 0.15) is 47.2 Å². The number of hydrogen-bond acceptors (Lipinski definition) is 4. The van der Waals surface area contributed by atoms with Crippen molar-refractivity contribution in [2.24, 2.45) is 11.7 Å². The number of hydrogen-bond donors (Lipinski definition) is 1. The first-order valence-electron chi connectivity index (χ1n) is 12.5. The Morgan fingerprint density at radius 3 is 2.35 bits per heavy atom. The molecule has 0 radical (unpaired) electrons. The maximum Gasteiger partial charge on any atom is 0.327 e. The van der Waals surface area contributed by atoms with Crippen LogP contribution in [0.3, 0.4) is 0 Å². The fraction of sp³-hybridized carbons (Fsp3) is 0.444. The van der Waals surface area contributed by atoms with Gasteiger partial charge in [-0.15, -0.1) is 0 Å². The van der Waals surface area contributed by atoms with Crippen molar-refractivity contribution >= 4 is 17.8 Å². The van der Waals surface area contributed by atoms with Gasteiger partial charge in [0, 0.05) is 36.8 Å². The van der Waals surface area contributed by atoms with Crippen molar-refractivity contribution < 1.29 is 27.6 Å². The average molecular weight is 515 g/mol. The molecule has 3 heterocycles. The number of urea groups is 1. The Hall–Kier alpha value is -3.40. The van der Waals surface area contributed by atoms with Crippen molar-refractivity contribution in [1.82, 2.24) is 14.7 Å². The molecule has 1 unspecified atom stereocenters. The number of halogens is 3. The average Bonchev–Trinajstić information content (AvgIpc) is 3.26. The van der Waals surface area contributed by atoms with E-state index < -0.39 is 23.5 Å². The quantitative estimate of drug-likeness (QED) is 0.473. The molecule has 37 heavy (non-hydrogen) atoms. The van der Waals surface area contributed by atoms with Crippen LogP contribution in [0.25, 0.3) is 0 Å². The van der Waals surface area contributed by atoms with E-state index in [4.69, 9.17) is 5.73 Å². The molecule has 2 N–H and O–H groups in total. The zero-order valence-corrected chi connectivity index (χ0v) is 20.5. The molecular weight excluding hydrogens is 485 g/mol. The van der Waals surface area contributed by atoms with Gasteiger partial charge in [0.25, 0.3) is 11.8 Å². The number of carbonyl (C=O) groups is 3. The van der Waals surface area contributed by atoms with Crippen molar-refractivity contribution in [2.75, 3.05) is 13.6 Å². The Kier molecular flexibility index (Phi) is 6.70. The second kappa shape index (κ2) is 9.81. The minimum absolute atomic E-state index is 0.0175. The SMILES string of the molecule is CN1CC(=O)N(Cc2cccc(C(=O)N3[C@@H]4CC[C@H]3CC([C@H](N)Cc3cc(F)c(F)cc3F)C4)c2)C1=O. The molecule has 4 amide bonds. The summed E-state index contributed by atoms with van der Waals surface area (Å²) in [5.41, 5.74) is 7.64. The number of fused-ring (bicyclic) bond motifs is 2.